The summed E-state index contributed by atoms with van der Waals surface area (Å²) in [6.45, 7) is 0. The minimum atomic E-state index is -1.67. The van der Waals surface area contributed by atoms with Crippen molar-refractivity contribution < 1.29 is 22.4 Å². The maximum atomic E-state index is 13.0. The number of halogens is 5. The molecule has 20 heavy (non-hydrogen) atoms. The Kier molecular flexibility index (Phi) is 3.94. The highest BCUT2D eigenvalue weighted by Crippen LogP contribution is 2.23. The van der Waals surface area contributed by atoms with Crippen molar-refractivity contribution in [3.05, 3.63) is 64.2 Å². The maximum absolute atomic E-state index is 13.0. The number of carbonyl (C=O) groups is 1. The molecule has 0 aliphatic carbocycles. The van der Waals surface area contributed by atoms with Crippen LogP contribution < -0.4 is 5.32 Å². The van der Waals surface area contributed by atoms with Crippen molar-refractivity contribution in [3.8, 4) is 0 Å². The highest BCUT2D eigenvalue weighted by molar-refractivity contribution is 6.33. The first-order chi connectivity index (χ1) is 9.38. The number of rotatable bonds is 2. The summed E-state index contributed by atoms with van der Waals surface area (Å²) in [5.41, 5.74) is -0.370. The fourth-order valence-electron chi connectivity index (χ4n) is 1.47. The quantitative estimate of drug-likeness (QED) is 0.655. The van der Waals surface area contributed by atoms with Gasteiger partial charge in [-0.2, -0.15) is 0 Å². The van der Waals surface area contributed by atoms with Gasteiger partial charge in [-0.15, -0.1) is 0 Å². The van der Waals surface area contributed by atoms with Gasteiger partial charge in [0, 0.05) is 5.56 Å². The Morgan fingerprint density at radius 1 is 1.00 bits per heavy atom. The maximum Gasteiger partial charge on any atom is 0.255 e. The van der Waals surface area contributed by atoms with Crippen LogP contribution in [0.5, 0.6) is 0 Å². The van der Waals surface area contributed by atoms with E-state index in [1.165, 1.54) is 6.07 Å². The molecule has 0 atom stereocenters. The number of hydrogen-bond acceptors (Lipinski definition) is 1. The summed E-state index contributed by atoms with van der Waals surface area (Å²) in [6, 6.07) is 4.29. The first-order valence-electron chi connectivity index (χ1n) is 5.29. The molecule has 0 radical (unpaired) electrons. The minimum absolute atomic E-state index is 0.0585. The number of carbonyl (C=O) groups excluding carboxylic acids is 1. The Balaban J connectivity index is 2.28. The van der Waals surface area contributed by atoms with Crippen LogP contribution in [0.1, 0.15) is 10.4 Å². The second-order valence-corrected chi connectivity index (χ2v) is 4.24. The zero-order valence-corrected chi connectivity index (χ0v) is 10.4. The van der Waals surface area contributed by atoms with Crippen LogP contribution in [-0.4, -0.2) is 5.91 Å². The van der Waals surface area contributed by atoms with Gasteiger partial charge < -0.3 is 5.32 Å². The highest BCUT2D eigenvalue weighted by atomic mass is 35.5. The van der Waals surface area contributed by atoms with Gasteiger partial charge in [0.05, 0.1) is 10.7 Å². The van der Waals surface area contributed by atoms with E-state index in [2.05, 4.69) is 5.32 Å². The summed E-state index contributed by atoms with van der Waals surface area (Å²) in [6.07, 6.45) is 0. The Labute approximate surface area is 116 Å². The molecule has 2 nitrogen and oxygen atoms in total. The molecular weight excluding hydrogens is 298 g/mol. The van der Waals surface area contributed by atoms with Crippen molar-refractivity contribution in [3.63, 3.8) is 0 Å². The van der Waals surface area contributed by atoms with E-state index in [1.807, 2.05) is 0 Å². The van der Waals surface area contributed by atoms with Gasteiger partial charge in [-0.1, -0.05) is 11.6 Å². The predicted molar refractivity (Wildman–Crippen MR) is 65.7 cm³/mol. The average molecular weight is 304 g/mol. The summed E-state index contributed by atoms with van der Waals surface area (Å²) < 4.78 is 51.6. The standard InChI is InChI=1S/C13H6ClF4NO/c14-8-5-7(15)1-2-11(8)19-13(20)6-3-9(16)12(18)10(17)4-6/h1-5H,(H,19,20). The molecule has 0 aliphatic heterocycles. The van der Waals surface area contributed by atoms with E-state index < -0.39 is 34.7 Å². The van der Waals surface area contributed by atoms with E-state index >= 15 is 0 Å². The first-order valence-corrected chi connectivity index (χ1v) is 5.67. The molecule has 0 saturated carbocycles. The Bertz CT molecular complexity index is 667. The van der Waals surface area contributed by atoms with Crippen LogP contribution in [0.3, 0.4) is 0 Å². The molecule has 2 aromatic rings. The van der Waals surface area contributed by atoms with Crippen LogP contribution in [0.25, 0.3) is 0 Å². The number of amides is 1. The van der Waals surface area contributed by atoms with Crippen LogP contribution in [0.2, 0.25) is 5.02 Å². The molecule has 0 heterocycles. The lowest BCUT2D eigenvalue weighted by atomic mass is 10.2. The lowest BCUT2D eigenvalue weighted by Crippen LogP contribution is -2.13. The Hall–Kier alpha value is -2.08. The van der Waals surface area contributed by atoms with Gasteiger partial charge in [0.1, 0.15) is 5.82 Å². The van der Waals surface area contributed by atoms with Crippen molar-refractivity contribution in [1.29, 1.82) is 0 Å². The van der Waals surface area contributed by atoms with E-state index in [9.17, 15) is 22.4 Å². The van der Waals surface area contributed by atoms with Crippen LogP contribution in [0, 0.1) is 23.3 Å². The van der Waals surface area contributed by atoms with Gasteiger partial charge in [-0.25, -0.2) is 17.6 Å². The Morgan fingerprint density at radius 2 is 1.60 bits per heavy atom. The largest absolute Gasteiger partial charge is 0.321 e. The van der Waals surface area contributed by atoms with Crippen molar-refractivity contribution >= 4 is 23.2 Å². The van der Waals surface area contributed by atoms with Crippen molar-refractivity contribution in [2.75, 3.05) is 5.32 Å². The summed E-state index contributed by atoms with van der Waals surface area (Å²) in [4.78, 5) is 11.7. The molecule has 0 unspecified atom stereocenters. The number of anilines is 1. The molecule has 2 rings (SSSR count). The van der Waals surface area contributed by atoms with Crippen LogP contribution in [-0.2, 0) is 0 Å². The van der Waals surface area contributed by atoms with E-state index in [1.54, 1.807) is 0 Å². The molecule has 2 aromatic carbocycles. The van der Waals surface area contributed by atoms with Gasteiger partial charge in [0.25, 0.3) is 5.91 Å². The fourth-order valence-corrected chi connectivity index (χ4v) is 1.69. The third-order valence-electron chi connectivity index (χ3n) is 2.43. The third-order valence-corrected chi connectivity index (χ3v) is 2.74. The topological polar surface area (TPSA) is 29.1 Å². The molecule has 0 aromatic heterocycles. The summed E-state index contributed by atoms with van der Waals surface area (Å²) in [5, 5.41) is 2.15. The van der Waals surface area contributed by atoms with Crippen molar-refractivity contribution in [2.45, 2.75) is 0 Å². The van der Waals surface area contributed by atoms with Gasteiger partial charge in [0.15, 0.2) is 17.5 Å². The fraction of sp³-hybridized carbons (Fsp3) is 0. The normalized spacial score (nSPS) is 10.4. The third kappa shape index (κ3) is 2.91. The smallest absolute Gasteiger partial charge is 0.255 e. The summed E-state index contributed by atoms with van der Waals surface area (Å²) >= 11 is 5.69. The molecular formula is C13H6ClF4NO. The predicted octanol–water partition coefficient (Wildman–Crippen LogP) is 4.15. The van der Waals surface area contributed by atoms with Gasteiger partial charge in [-0.3, -0.25) is 4.79 Å². The van der Waals surface area contributed by atoms with Gasteiger partial charge in [-0.05, 0) is 30.3 Å². The van der Waals surface area contributed by atoms with E-state index in [4.69, 9.17) is 11.6 Å². The molecule has 7 heteroatoms. The number of benzene rings is 2. The van der Waals surface area contributed by atoms with E-state index in [-0.39, 0.29) is 10.7 Å². The molecule has 0 fully saturated rings. The zero-order valence-electron chi connectivity index (χ0n) is 9.68. The molecule has 1 N–H and O–H groups in total. The van der Waals surface area contributed by atoms with Gasteiger partial charge >= 0.3 is 0 Å². The lowest BCUT2D eigenvalue weighted by molar-refractivity contribution is 0.102. The van der Waals surface area contributed by atoms with Crippen LogP contribution in [0.15, 0.2) is 30.3 Å². The average Bonchev–Trinajstić information content (AvgIpc) is 2.38. The SMILES string of the molecule is O=C(Nc1ccc(F)cc1Cl)c1cc(F)c(F)c(F)c1. The monoisotopic (exact) mass is 303 g/mol. The van der Waals surface area contributed by atoms with Crippen molar-refractivity contribution in [2.24, 2.45) is 0 Å². The van der Waals surface area contributed by atoms with Crippen LogP contribution in [0.4, 0.5) is 23.2 Å². The second-order valence-electron chi connectivity index (χ2n) is 3.83. The van der Waals surface area contributed by atoms with Crippen molar-refractivity contribution in [1.82, 2.24) is 0 Å². The Morgan fingerprint density at radius 3 is 2.15 bits per heavy atom. The minimum Gasteiger partial charge on any atom is -0.321 e. The zero-order chi connectivity index (χ0) is 14.9. The highest BCUT2D eigenvalue weighted by Gasteiger charge is 2.16. The number of hydrogen-bond donors (Lipinski definition) is 1. The molecule has 0 bridgehead atoms. The van der Waals surface area contributed by atoms with E-state index in [0.29, 0.717) is 12.1 Å². The molecule has 0 aliphatic rings. The molecule has 104 valence electrons. The summed E-state index contributed by atoms with van der Waals surface area (Å²) in [7, 11) is 0. The van der Waals surface area contributed by atoms with E-state index in [0.717, 1.165) is 12.1 Å². The lowest BCUT2D eigenvalue weighted by Gasteiger charge is -2.08. The molecule has 1 amide bonds. The molecule has 0 spiro atoms. The first kappa shape index (κ1) is 14.3. The second kappa shape index (κ2) is 5.50. The number of nitrogens with one attached hydrogen (secondary N) is 1. The summed E-state index contributed by atoms with van der Waals surface area (Å²) in [5.74, 6) is -6.15. The van der Waals surface area contributed by atoms with Gasteiger partial charge in [0.2, 0.25) is 0 Å². The van der Waals surface area contributed by atoms with Crippen LogP contribution >= 0.6 is 11.6 Å². The molecule has 0 saturated heterocycles.